The monoisotopic (exact) mass is 213 g/mol. The minimum atomic E-state index is 0.568. The zero-order valence-electron chi connectivity index (χ0n) is 7.82. The standard InChI is InChI=1S/C10H15NS2/c1-11-10(8-4-6-12-7-8)9-3-2-5-13-9/h4,6-7,9-11H,2-3,5H2,1H3. The Morgan fingerprint density at radius 3 is 3.08 bits per heavy atom. The lowest BCUT2D eigenvalue weighted by atomic mass is 10.0. The van der Waals surface area contributed by atoms with Crippen molar-refractivity contribution in [2.45, 2.75) is 24.1 Å². The lowest BCUT2D eigenvalue weighted by Crippen LogP contribution is -2.25. The average Bonchev–Trinajstić information content (AvgIpc) is 2.76. The average molecular weight is 213 g/mol. The van der Waals surface area contributed by atoms with Crippen LogP contribution < -0.4 is 5.32 Å². The van der Waals surface area contributed by atoms with Gasteiger partial charge in [0.1, 0.15) is 0 Å². The van der Waals surface area contributed by atoms with E-state index < -0.39 is 0 Å². The van der Waals surface area contributed by atoms with E-state index in [9.17, 15) is 0 Å². The second-order valence-corrected chi connectivity index (χ2v) is 5.50. The number of thioether (sulfide) groups is 1. The lowest BCUT2D eigenvalue weighted by molar-refractivity contribution is 0.553. The van der Waals surface area contributed by atoms with E-state index in [0.717, 1.165) is 5.25 Å². The summed E-state index contributed by atoms with van der Waals surface area (Å²) in [5.41, 5.74) is 1.46. The quantitative estimate of drug-likeness (QED) is 0.828. The molecule has 1 nitrogen and oxygen atoms in total. The van der Waals surface area contributed by atoms with Crippen molar-refractivity contribution in [3.63, 3.8) is 0 Å². The second kappa shape index (κ2) is 4.49. The normalized spacial score (nSPS) is 24.8. The van der Waals surface area contributed by atoms with Gasteiger partial charge in [-0.2, -0.15) is 23.1 Å². The molecule has 2 atom stereocenters. The molecule has 0 spiro atoms. The Balaban J connectivity index is 2.08. The summed E-state index contributed by atoms with van der Waals surface area (Å²) in [4.78, 5) is 0. The predicted molar refractivity (Wildman–Crippen MR) is 61.6 cm³/mol. The van der Waals surface area contributed by atoms with E-state index in [-0.39, 0.29) is 0 Å². The van der Waals surface area contributed by atoms with Crippen molar-refractivity contribution in [3.05, 3.63) is 22.4 Å². The summed E-state index contributed by atoms with van der Waals surface area (Å²) in [5, 5.41) is 8.65. The van der Waals surface area contributed by atoms with E-state index in [0.29, 0.717) is 6.04 Å². The van der Waals surface area contributed by atoms with Gasteiger partial charge in [-0.3, -0.25) is 0 Å². The van der Waals surface area contributed by atoms with Gasteiger partial charge >= 0.3 is 0 Å². The molecule has 13 heavy (non-hydrogen) atoms. The molecule has 1 aliphatic heterocycles. The third-order valence-corrected chi connectivity index (χ3v) is 4.71. The predicted octanol–water partition coefficient (Wildman–Crippen LogP) is 2.90. The van der Waals surface area contributed by atoms with Crippen LogP contribution in [0, 0.1) is 0 Å². The Kier molecular flexibility index (Phi) is 3.30. The van der Waals surface area contributed by atoms with Crippen molar-refractivity contribution < 1.29 is 0 Å². The summed E-state index contributed by atoms with van der Waals surface area (Å²) in [6.07, 6.45) is 2.75. The molecule has 0 amide bonds. The highest BCUT2D eigenvalue weighted by molar-refractivity contribution is 8.00. The van der Waals surface area contributed by atoms with Crippen LogP contribution in [0.5, 0.6) is 0 Å². The van der Waals surface area contributed by atoms with Gasteiger partial charge in [0.25, 0.3) is 0 Å². The minimum Gasteiger partial charge on any atom is -0.312 e. The molecule has 1 aromatic rings. The van der Waals surface area contributed by atoms with Crippen LogP contribution in [0.4, 0.5) is 0 Å². The number of thiophene rings is 1. The summed E-state index contributed by atoms with van der Waals surface area (Å²) in [7, 11) is 2.07. The fourth-order valence-electron chi connectivity index (χ4n) is 1.88. The largest absolute Gasteiger partial charge is 0.312 e. The third-order valence-electron chi connectivity index (χ3n) is 2.55. The van der Waals surface area contributed by atoms with Crippen molar-refractivity contribution in [2.75, 3.05) is 12.8 Å². The molecule has 72 valence electrons. The lowest BCUT2D eigenvalue weighted by Gasteiger charge is -2.21. The molecule has 1 saturated heterocycles. The molecular weight excluding hydrogens is 198 g/mol. The van der Waals surface area contributed by atoms with Gasteiger partial charge in [-0.05, 0) is 48.0 Å². The first kappa shape index (κ1) is 9.56. The first-order valence-corrected chi connectivity index (χ1v) is 6.72. The Hall–Kier alpha value is 0.01000. The second-order valence-electron chi connectivity index (χ2n) is 3.37. The highest BCUT2D eigenvalue weighted by Gasteiger charge is 2.25. The molecule has 2 unspecified atom stereocenters. The Bertz CT molecular complexity index is 239. The molecule has 3 heteroatoms. The van der Waals surface area contributed by atoms with Gasteiger partial charge in [-0.1, -0.05) is 0 Å². The van der Waals surface area contributed by atoms with Gasteiger partial charge in [-0.15, -0.1) is 0 Å². The maximum absolute atomic E-state index is 3.43. The maximum Gasteiger partial charge on any atom is 0.0446 e. The fourth-order valence-corrected chi connectivity index (χ4v) is 4.04. The highest BCUT2D eigenvalue weighted by atomic mass is 32.2. The molecule has 1 aromatic heterocycles. The van der Waals surface area contributed by atoms with Gasteiger partial charge in [0.15, 0.2) is 0 Å². The van der Waals surface area contributed by atoms with E-state index >= 15 is 0 Å². The number of nitrogens with one attached hydrogen (secondary N) is 1. The van der Waals surface area contributed by atoms with Gasteiger partial charge in [-0.25, -0.2) is 0 Å². The number of rotatable bonds is 3. The van der Waals surface area contributed by atoms with Crippen molar-refractivity contribution in [1.82, 2.24) is 5.32 Å². The van der Waals surface area contributed by atoms with E-state index in [2.05, 4.69) is 41.0 Å². The van der Waals surface area contributed by atoms with Crippen LogP contribution in [0.25, 0.3) is 0 Å². The molecule has 0 aliphatic carbocycles. The maximum atomic E-state index is 3.43. The Labute approximate surface area is 87.9 Å². The van der Waals surface area contributed by atoms with Gasteiger partial charge in [0.2, 0.25) is 0 Å². The van der Waals surface area contributed by atoms with Gasteiger partial charge in [0.05, 0.1) is 0 Å². The van der Waals surface area contributed by atoms with E-state index in [1.807, 2.05) is 0 Å². The summed E-state index contributed by atoms with van der Waals surface area (Å²) in [6.45, 7) is 0. The molecular formula is C10H15NS2. The highest BCUT2D eigenvalue weighted by Crippen LogP contribution is 2.36. The van der Waals surface area contributed by atoms with Crippen molar-refractivity contribution in [3.8, 4) is 0 Å². The Morgan fingerprint density at radius 1 is 1.62 bits per heavy atom. The first-order valence-electron chi connectivity index (χ1n) is 4.73. The van der Waals surface area contributed by atoms with Crippen LogP contribution in [0.1, 0.15) is 24.4 Å². The van der Waals surface area contributed by atoms with E-state index in [1.165, 1.54) is 24.2 Å². The summed E-state index contributed by atoms with van der Waals surface area (Å²) in [5.74, 6) is 1.34. The van der Waals surface area contributed by atoms with Crippen LogP contribution >= 0.6 is 23.1 Å². The minimum absolute atomic E-state index is 0.568. The van der Waals surface area contributed by atoms with Crippen LogP contribution in [-0.4, -0.2) is 18.1 Å². The summed E-state index contributed by atoms with van der Waals surface area (Å²) in [6, 6.07) is 2.81. The van der Waals surface area contributed by atoms with Crippen LogP contribution in [0.3, 0.4) is 0 Å². The zero-order valence-corrected chi connectivity index (χ0v) is 9.46. The SMILES string of the molecule is CNC(c1ccsc1)C1CCCS1. The number of hydrogen-bond donors (Lipinski definition) is 1. The Morgan fingerprint density at radius 2 is 2.54 bits per heavy atom. The number of hydrogen-bond acceptors (Lipinski definition) is 3. The first-order chi connectivity index (χ1) is 6.42. The molecule has 2 rings (SSSR count). The third kappa shape index (κ3) is 2.09. The molecule has 1 fully saturated rings. The summed E-state index contributed by atoms with van der Waals surface area (Å²) >= 11 is 3.91. The molecule has 2 heterocycles. The van der Waals surface area contributed by atoms with Crippen molar-refractivity contribution in [1.29, 1.82) is 0 Å². The molecule has 1 N–H and O–H groups in total. The zero-order chi connectivity index (χ0) is 9.10. The van der Waals surface area contributed by atoms with Crippen LogP contribution in [-0.2, 0) is 0 Å². The van der Waals surface area contributed by atoms with Crippen molar-refractivity contribution in [2.24, 2.45) is 0 Å². The summed E-state index contributed by atoms with van der Waals surface area (Å²) < 4.78 is 0. The molecule has 0 aromatic carbocycles. The van der Waals surface area contributed by atoms with Crippen LogP contribution in [0.15, 0.2) is 16.8 Å². The molecule has 0 saturated carbocycles. The smallest absolute Gasteiger partial charge is 0.0446 e. The topological polar surface area (TPSA) is 12.0 Å². The fraction of sp³-hybridized carbons (Fsp3) is 0.600. The van der Waals surface area contributed by atoms with Crippen LogP contribution in [0.2, 0.25) is 0 Å². The van der Waals surface area contributed by atoms with E-state index in [1.54, 1.807) is 11.3 Å². The molecule has 0 radical (unpaired) electrons. The van der Waals surface area contributed by atoms with Crippen molar-refractivity contribution >= 4 is 23.1 Å². The van der Waals surface area contributed by atoms with E-state index in [4.69, 9.17) is 0 Å². The molecule has 0 bridgehead atoms. The molecule has 1 aliphatic rings. The van der Waals surface area contributed by atoms with Gasteiger partial charge in [0, 0.05) is 11.3 Å². The van der Waals surface area contributed by atoms with Gasteiger partial charge < -0.3 is 5.32 Å².